The van der Waals surface area contributed by atoms with Gasteiger partial charge in [0.05, 0.1) is 0 Å². The Hall–Kier alpha value is -0.970. The van der Waals surface area contributed by atoms with Gasteiger partial charge in [-0.2, -0.15) is 0 Å². The van der Waals surface area contributed by atoms with Crippen molar-refractivity contribution in [3.8, 4) is 0 Å². The molecule has 124 valence electrons. The van der Waals surface area contributed by atoms with Crippen molar-refractivity contribution in [3.63, 3.8) is 0 Å². The minimum absolute atomic E-state index is 0. The molecule has 2 aliphatic heterocycles. The molecule has 3 rings (SSSR count). The molecule has 0 radical (unpaired) electrons. The molecule has 1 aromatic carbocycles. The molecule has 0 bridgehead atoms. The first-order valence-corrected chi connectivity index (χ1v) is 7.93. The van der Waals surface area contributed by atoms with Gasteiger partial charge in [-0.15, -0.1) is 12.4 Å². The molecule has 0 amide bonds. The van der Waals surface area contributed by atoms with Gasteiger partial charge >= 0.3 is 0 Å². The number of rotatable bonds is 2. The maximum absolute atomic E-state index is 12.1. The average Bonchev–Trinajstić information content (AvgIpc) is 2.57. The van der Waals surface area contributed by atoms with Crippen molar-refractivity contribution in [2.24, 2.45) is 11.8 Å². The molecule has 0 aliphatic carbocycles. The molecule has 5 heteroatoms. The van der Waals surface area contributed by atoms with Crippen molar-refractivity contribution >= 4 is 18.2 Å². The molecule has 3 nitrogen and oxygen atoms in total. The van der Waals surface area contributed by atoms with Crippen LogP contribution in [0.4, 0.5) is 4.39 Å². The second-order valence-electron chi connectivity index (χ2n) is 5.75. The molecular formula is C17H26ClFN2O. The van der Waals surface area contributed by atoms with E-state index in [2.05, 4.69) is 10.6 Å². The summed E-state index contributed by atoms with van der Waals surface area (Å²) in [5.74, 6) is 1.09. The van der Waals surface area contributed by atoms with Crippen molar-refractivity contribution < 1.29 is 9.18 Å². The summed E-state index contributed by atoms with van der Waals surface area (Å²) in [6.45, 7) is 4.12. The Labute approximate surface area is 138 Å². The molecule has 2 aliphatic rings. The number of hydrogen-bond donors (Lipinski definition) is 2. The number of nitrogens with one attached hydrogen (secondary N) is 2. The maximum Gasteiger partial charge on any atom is 0.139 e. The van der Waals surface area contributed by atoms with E-state index in [0.717, 1.165) is 51.9 Å². The zero-order valence-electron chi connectivity index (χ0n) is 12.9. The van der Waals surface area contributed by atoms with E-state index in [1.54, 1.807) is 18.2 Å². The van der Waals surface area contributed by atoms with Crippen molar-refractivity contribution in [2.75, 3.05) is 26.2 Å². The quantitative estimate of drug-likeness (QED) is 0.877. The van der Waals surface area contributed by atoms with Crippen LogP contribution in [0.5, 0.6) is 0 Å². The highest BCUT2D eigenvalue weighted by molar-refractivity contribution is 5.85. The fraction of sp³-hybridized carbons (Fsp3) is 0.588. The van der Waals surface area contributed by atoms with Gasteiger partial charge in [0.2, 0.25) is 0 Å². The van der Waals surface area contributed by atoms with Gasteiger partial charge in [-0.25, -0.2) is 4.39 Å². The van der Waals surface area contributed by atoms with Crippen LogP contribution in [-0.4, -0.2) is 32.0 Å². The molecule has 0 aromatic heterocycles. The van der Waals surface area contributed by atoms with Gasteiger partial charge in [0.25, 0.3) is 0 Å². The van der Waals surface area contributed by atoms with Crippen LogP contribution in [0.3, 0.4) is 0 Å². The molecule has 0 spiro atoms. The van der Waals surface area contributed by atoms with Crippen molar-refractivity contribution in [1.82, 2.24) is 10.6 Å². The summed E-state index contributed by atoms with van der Waals surface area (Å²) < 4.78 is 11.9. The van der Waals surface area contributed by atoms with Crippen molar-refractivity contribution in [2.45, 2.75) is 25.7 Å². The van der Waals surface area contributed by atoms with Gasteiger partial charge in [-0.3, -0.25) is 4.79 Å². The average molecular weight is 329 g/mol. The Bertz CT molecular complexity index is 398. The van der Waals surface area contributed by atoms with Crippen LogP contribution in [0.15, 0.2) is 30.3 Å². The van der Waals surface area contributed by atoms with E-state index in [1.165, 1.54) is 12.1 Å². The lowest BCUT2D eigenvalue weighted by atomic mass is 9.82. The van der Waals surface area contributed by atoms with E-state index in [1.807, 2.05) is 0 Å². The summed E-state index contributed by atoms with van der Waals surface area (Å²) >= 11 is 0. The Morgan fingerprint density at radius 2 is 1.27 bits per heavy atom. The fourth-order valence-corrected chi connectivity index (χ4v) is 2.96. The SMILES string of the molecule is Cl.Fc1ccccc1.O=C(C1CCNCC1)C1CCNCC1. The largest absolute Gasteiger partial charge is 0.317 e. The first-order chi connectivity index (χ1) is 10.3. The first-order valence-electron chi connectivity index (χ1n) is 7.93. The van der Waals surface area contributed by atoms with Gasteiger partial charge in [0.1, 0.15) is 11.6 Å². The van der Waals surface area contributed by atoms with Crippen LogP contribution in [0.1, 0.15) is 25.7 Å². The van der Waals surface area contributed by atoms with Crippen LogP contribution in [0.25, 0.3) is 0 Å². The number of hydrogen-bond acceptors (Lipinski definition) is 3. The molecule has 2 heterocycles. The van der Waals surface area contributed by atoms with Gasteiger partial charge in [0.15, 0.2) is 0 Å². The molecule has 2 fully saturated rings. The molecule has 0 saturated carbocycles. The van der Waals surface area contributed by atoms with Crippen LogP contribution in [-0.2, 0) is 4.79 Å². The number of halogens is 2. The molecule has 2 N–H and O–H groups in total. The monoisotopic (exact) mass is 328 g/mol. The standard InChI is InChI=1S/C11H20N2O.C6H5F.ClH/c14-11(9-1-5-12-6-2-9)10-3-7-13-8-4-10;7-6-4-2-1-3-5-6;/h9-10,12-13H,1-8H2;1-5H;1H. The lowest BCUT2D eigenvalue weighted by Gasteiger charge is -2.28. The van der Waals surface area contributed by atoms with Gasteiger partial charge < -0.3 is 10.6 Å². The Balaban J connectivity index is 0.000000258. The number of benzene rings is 1. The highest BCUT2D eigenvalue weighted by Gasteiger charge is 2.28. The normalized spacial score (nSPS) is 19.5. The lowest BCUT2D eigenvalue weighted by Crippen LogP contribution is -2.38. The third kappa shape index (κ3) is 6.42. The molecule has 0 atom stereocenters. The second kappa shape index (κ2) is 10.7. The Kier molecular flexibility index (Phi) is 9.28. The van der Waals surface area contributed by atoms with Crippen LogP contribution < -0.4 is 10.6 Å². The Morgan fingerprint density at radius 3 is 1.59 bits per heavy atom. The van der Waals surface area contributed by atoms with E-state index in [9.17, 15) is 9.18 Å². The zero-order chi connectivity index (χ0) is 14.9. The van der Waals surface area contributed by atoms with Crippen molar-refractivity contribution in [1.29, 1.82) is 0 Å². The first kappa shape index (κ1) is 19.1. The Morgan fingerprint density at radius 1 is 0.864 bits per heavy atom. The summed E-state index contributed by atoms with van der Waals surface area (Å²) in [6.07, 6.45) is 4.23. The summed E-state index contributed by atoms with van der Waals surface area (Å²) in [5, 5.41) is 6.62. The van der Waals surface area contributed by atoms with Gasteiger partial charge in [0, 0.05) is 11.8 Å². The minimum atomic E-state index is -0.178. The second-order valence-corrected chi connectivity index (χ2v) is 5.75. The highest BCUT2D eigenvalue weighted by atomic mass is 35.5. The van der Waals surface area contributed by atoms with E-state index >= 15 is 0 Å². The predicted molar refractivity (Wildman–Crippen MR) is 89.8 cm³/mol. The van der Waals surface area contributed by atoms with E-state index in [4.69, 9.17) is 0 Å². The van der Waals surface area contributed by atoms with Gasteiger partial charge in [-0.1, -0.05) is 18.2 Å². The minimum Gasteiger partial charge on any atom is -0.317 e. The van der Waals surface area contributed by atoms with E-state index < -0.39 is 0 Å². The molecule has 0 unspecified atom stereocenters. The van der Waals surface area contributed by atoms with E-state index in [-0.39, 0.29) is 18.2 Å². The van der Waals surface area contributed by atoms with E-state index in [0.29, 0.717) is 17.6 Å². The molecular weight excluding hydrogens is 303 g/mol. The maximum atomic E-state index is 12.1. The highest BCUT2D eigenvalue weighted by Crippen LogP contribution is 2.22. The lowest BCUT2D eigenvalue weighted by molar-refractivity contribution is -0.128. The molecule has 2 saturated heterocycles. The summed E-state index contributed by atoms with van der Waals surface area (Å²) in [5.41, 5.74) is 0. The van der Waals surface area contributed by atoms with Crippen molar-refractivity contribution in [3.05, 3.63) is 36.1 Å². The summed E-state index contributed by atoms with van der Waals surface area (Å²) in [6, 6.07) is 7.94. The number of Topliss-reactive ketones (excluding diaryl/α,β-unsaturated/α-hetero) is 1. The predicted octanol–water partition coefficient (Wildman–Crippen LogP) is 2.80. The van der Waals surface area contributed by atoms with Crippen LogP contribution in [0, 0.1) is 17.7 Å². The molecule has 22 heavy (non-hydrogen) atoms. The number of carbonyl (C=O) groups is 1. The third-order valence-electron chi connectivity index (χ3n) is 4.22. The smallest absolute Gasteiger partial charge is 0.139 e. The van der Waals surface area contributed by atoms with Gasteiger partial charge in [-0.05, 0) is 64.0 Å². The third-order valence-corrected chi connectivity index (χ3v) is 4.22. The fourth-order valence-electron chi connectivity index (χ4n) is 2.96. The molecule has 1 aromatic rings. The number of ketones is 1. The summed E-state index contributed by atoms with van der Waals surface area (Å²) in [7, 11) is 0. The van der Waals surface area contributed by atoms with Crippen LogP contribution >= 0.6 is 12.4 Å². The zero-order valence-corrected chi connectivity index (χ0v) is 13.7. The van der Waals surface area contributed by atoms with Crippen LogP contribution in [0.2, 0.25) is 0 Å². The number of carbonyl (C=O) groups excluding carboxylic acids is 1. The topological polar surface area (TPSA) is 41.1 Å². The summed E-state index contributed by atoms with van der Waals surface area (Å²) in [4.78, 5) is 12.1. The number of piperidine rings is 2.